The van der Waals surface area contributed by atoms with E-state index in [1.807, 2.05) is 58.5 Å². The van der Waals surface area contributed by atoms with E-state index in [0.717, 1.165) is 22.5 Å². The van der Waals surface area contributed by atoms with Gasteiger partial charge in [0, 0.05) is 16.6 Å². The minimum atomic E-state index is -0.283. The van der Waals surface area contributed by atoms with Crippen LogP contribution >= 0.6 is 11.3 Å². The first-order valence-electron chi connectivity index (χ1n) is 9.50. The molecular formula is C24H20FN3O2S. The number of hydrogen-bond acceptors (Lipinski definition) is 5. The smallest absolute Gasteiger partial charge is 0.215 e. The van der Waals surface area contributed by atoms with Crippen LogP contribution < -0.4 is 14.3 Å². The van der Waals surface area contributed by atoms with E-state index in [0.29, 0.717) is 16.3 Å². The van der Waals surface area contributed by atoms with Crippen molar-refractivity contribution in [3.8, 4) is 28.4 Å². The molecule has 0 aliphatic rings. The molecule has 3 aromatic carbocycles. The van der Waals surface area contributed by atoms with Crippen LogP contribution in [-0.2, 0) is 0 Å². The summed E-state index contributed by atoms with van der Waals surface area (Å²) in [6.07, 6.45) is 1.60. The molecule has 0 fully saturated rings. The summed E-state index contributed by atoms with van der Waals surface area (Å²) in [4.78, 5) is 0.703. The SMILES string of the molecule is COc1ccc(-c2cs/c(=N\N=C\c3ccc(F)cc3)n2-c2ccccc2)cc1OC. The third-order valence-corrected chi connectivity index (χ3v) is 5.44. The predicted octanol–water partition coefficient (Wildman–Crippen LogP) is 5.30. The molecule has 1 aromatic heterocycles. The largest absolute Gasteiger partial charge is 0.493 e. The molecular weight excluding hydrogens is 413 g/mol. The number of nitrogens with zero attached hydrogens (tertiary/aromatic N) is 3. The molecule has 0 bridgehead atoms. The standard InChI is InChI=1S/C24H20FN3O2S/c1-29-22-13-10-18(14-23(22)30-2)21-16-31-24(28(21)20-6-4-3-5-7-20)27-26-15-17-8-11-19(25)12-9-17/h3-16H,1-2H3/b26-15+,27-24-. The van der Waals surface area contributed by atoms with Gasteiger partial charge >= 0.3 is 0 Å². The molecule has 0 amide bonds. The number of halogens is 1. The van der Waals surface area contributed by atoms with Crippen LogP contribution in [0.2, 0.25) is 0 Å². The number of rotatable bonds is 6. The zero-order valence-corrected chi connectivity index (χ0v) is 17.8. The van der Waals surface area contributed by atoms with Crippen LogP contribution in [0.15, 0.2) is 88.4 Å². The molecule has 0 saturated carbocycles. The van der Waals surface area contributed by atoms with Crippen LogP contribution in [0.25, 0.3) is 16.9 Å². The van der Waals surface area contributed by atoms with Crippen LogP contribution in [-0.4, -0.2) is 25.0 Å². The number of hydrogen-bond donors (Lipinski definition) is 0. The highest BCUT2D eigenvalue weighted by molar-refractivity contribution is 7.07. The molecule has 31 heavy (non-hydrogen) atoms. The highest BCUT2D eigenvalue weighted by atomic mass is 32.1. The number of benzene rings is 3. The molecule has 0 N–H and O–H groups in total. The minimum Gasteiger partial charge on any atom is -0.493 e. The zero-order chi connectivity index (χ0) is 21.6. The van der Waals surface area contributed by atoms with Gasteiger partial charge in [0.05, 0.1) is 26.1 Å². The van der Waals surface area contributed by atoms with Gasteiger partial charge in [-0.25, -0.2) is 4.39 Å². The number of para-hydroxylation sites is 1. The second-order valence-electron chi connectivity index (χ2n) is 6.54. The Bertz CT molecular complexity index is 1260. The second kappa shape index (κ2) is 9.40. The van der Waals surface area contributed by atoms with Crippen LogP contribution in [0.3, 0.4) is 0 Å². The van der Waals surface area contributed by atoms with Crippen LogP contribution in [0.1, 0.15) is 5.56 Å². The molecule has 1 heterocycles. The fourth-order valence-corrected chi connectivity index (χ4v) is 3.96. The first-order valence-corrected chi connectivity index (χ1v) is 10.4. The van der Waals surface area contributed by atoms with E-state index >= 15 is 0 Å². The van der Waals surface area contributed by atoms with Gasteiger partial charge in [-0.2, -0.15) is 5.10 Å². The Balaban J connectivity index is 1.81. The predicted molar refractivity (Wildman–Crippen MR) is 122 cm³/mol. The van der Waals surface area contributed by atoms with Gasteiger partial charge in [0.2, 0.25) is 4.80 Å². The molecule has 4 aromatic rings. The Hall–Kier alpha value is -3.71. The van der Waals surface area contributed by atoms with Crippen molar-refractivity contribution in [2.75, 3.05) is 14.2 Å². The van der Waals surface area contributed by atoms with E-state index in [2.05, 4.69) is 10.2 Å². The van der Waals surface area contributed by atoms with Crippen molar-refractivity contribution in [3.63, 3.8) is 0 Å². The van der Waals surface area contributed by atoms with Gasteiger partial charge in [0.25, 0.3) is 0 Å². The Morgan fingerprint density at radius 1 is 0.903 bits per heavy atom. The molecule has 7 heteroatoms. The molecule has 0 atom stereocenters. The molecule has 0 saturated heterocycles. The van der Waals surface area contributed by atoms with Gasteiger partial charge in [-0.15, -0.1) is 16.4 Å². The Kier molecular flexibility index (Phi) is 6.24. The molecule has 0 spiro atoms. The average Bonchev–Trinajstić information content (AvgIpc) is 3.24. The van der Waals surface area contributed by atoms with Gasteiger partial charge in [0.15, 0.2) is 11.5 Å². The summed E-state index contributed by atoms with van der Waals surface area (Å²) in [6, 6.07) is 21.8. The van der Waals surface area contributed by atoms with Crippen molar-refractivity contribution in [2.45, 2.75) is 0 Å². The normalized spacial score (nSPS) is 11.8. The van der Waals surface area contributed by atoms with Crippen molar-refractivity contribution in [1.29, 1.82) is 0 Å². The maximum atomic E-state index is 13.1. The minimum absolute atomic E-state index is 0.283. The summed E-state index contributed by atoms with van der Waals surface area (Å²) >= 11 is 1.48. The number of thiazole rings is 1. The first kappa shape index (κ1) is 20.6. The second-order valence-corrected chi connectivity index (χ2v) is 7.38. The van der Waals surface area contributed by atoms with Crippen molar-refractivity contribution >= 4 is 17.6 Å². The average molecular weight is 434 g/mol. The summed E-state index contributed by atoms with van der Waals surface area (Å²) in [5.74, 6) is 1.04. The van der Waals surface area contributed by atoms with Gasteiger partial charge in [-0.05, 0) is 48.0 Å². The highest BCUT2D eigenvalue weighted by Crippen LogP contribution is 2.33. The quantitative estimate of drug-likeness (QED) is 0.306. The third kappa shape index (κ3) is 4.57. The van der Waals surface area contributed by atoms with Crippen LogP contribution in [0.5, 0.6) is 11.5 Å². The third-order valence-electron chi connectivity index (χ3n) is 4.62. The Morgan fingerprint density at radius 3 is 2.35 bits per heavy atom. The summed E-state index contributed by atoms with van der Waals surface area (Å²) in [5, 5.41) is 10.7. The zero-order valence-electron chi connectivity index (χ0n) is 17.0. The lowest BCUT2D eigenvalue weighted by Gasteiger charge is -2.12. The molecule has 0 aliphatic heterocycles. The van der Waals surface area contributed by atoms with Gasteiger partial charge in [0.1, 0.15) is 5.82 Å². The lowest BCUT2D eigenvalue weighted by molar-refractivity contribution is 0.355. The van der Waals surface area contributed by atoms with Crippen molar-refractivity contribution in [2.24, 2.45) is 10.2 Å². The van der Waals surface area contributed by atoms with E-state index in [-0.39, 0.29) is 5.82 Å². The lowest BCUT2D eigenvalue weighted by atomic mass is 10.1. The number of ether oxygens (including phenoxy) is 2. The molecule has 156 valence electrons. The molecule has 0 aliphatic carbocycles. The Labute approximate surface area is 183 Å². The fraction of sp³-hybridized carbons (Fsp3) is 0.0833. The molecule has 4 rings (SSSR count). The molecule has 5 nitrogen and oxygen atoms in total. The lowest BCUT2D eigenvalue weighted by Crippen LogP contribution is -2.13. The summed E-state index contributed by atoms with van der Waals surface area (Å²) in [7, 11) is 3.23. The van der Waals surface area contributed by atoms with Gasteiger partial charge in [-0.3, -0.25) is 4.57 Å². The maximum absolute atomic E-state index is 13.1. The molecule has 0 unspecified atom stereocenters. The van der Waals surface area contributed by atoms with Crippen molar-refractivity contribution in [3.05, 3.63) is 94.4 Å². The van der Waals surface area contributed by atoms with E-state index in [9.17, 15) is 4.39 Å². The van der Waals surface area contributed by atoms with E-state index < -0.39 is 0 Å². The summed E-state index contributed by atoms with van der Waals surface area (Å²) < 4.78 is 26.0. The highest BCUT2D eigenvalue weighted by Gasteiger charge is 2.13. The van der Waals surface area contributed by atoms with E-state index in [4.69, 9.17) is 9.47 Å². The van der Waals surface area contributed by atoms with Gasteiger partial charge in [-0.1, -0.05) is 30.3 Å². The molecule has 0 radical (unpaired) electrons. The van der Waals surface area contributed by atoms with E-state index in [1.54, 1.807) is 32.6 Å². The Morgan fingerprint density at radius 2 is 1.65 bits per heavy atom. The first-order chi connectivity index (χ1) is 15.2. The monoisotopic (exact) mass is 433 g/mol. The van der Waals surface area contributed by atoms with Crippen LogP contribution in [0.4, 0.5) is 4.39 Å². The number of aromatic nitrogens is 1. The topological polar surface area (TPSA) is 48.1 Å². The summed E-state index contributed by atoms with van der Waals surface area (Å²) in [6.45, 7) is 0. The number of methoxy groups -OCH3 is 2. The van der Waals surface area contributed by atoms with Crippen LogP contribution in [0, 0.1) is 5.82 Å². The fourth-order valence-electron chi connectivity index (χ4n) is 3.10. The van der Waals surface area contributed by atoms with Crippen molar-refractivity contribution in [1.82, 2.24) is 4.57 Å². The van der Waals surface area contributed by atoms with Gasteiger partial charge < -0.3 is 9.47 Å². The van der Waals surface area contributed by atoms with E-state index in [1.165, 1.54) is 23.5 Å². The van der Waals surface area contributed by atoms with Crippen molar-refractivity contribution < 1.29 is 13.9 Å². The maximum Gasteiger partial charge on any atom is 0.215 e. The summed E-state index contributed by atoms with van der Waals surface area (Å²) in [5.41, 5.74) is 3.65.